The summed E-state index contributed by atoms with van der Waals surface area (Å²) < 4.78 is 7.60. The van der Waals surface area contributed by atoms with E-state index in [-0.39, 0.29) is 23.8 Å². The topological polar surface area (TPSA) is 110 Å². The zero-order valence-electron chi connectivity index (χ0n) is 17.8. The second kappa shape index (κ2) is 8.49. The number of tetrazole rings is 1. The normalized spacial score (nSPS) is 25.2. The molecule has 31 heavy (non-hydrogen) atoms. The maximum Gasteiger partial charge on any atom is 0.258 e. The van der Waals surface area contributed by atoms with Crippen molar-refractivity contribution in [2.45, 2.75) is 57.4 Å². The predicted molar refractivity (Wildman–Crippen MR) is 114 cm³/mol. The Hall–Kier alpha value is -2.62. The molecule has 0 radical (unpaired) electrons. The van der Waals surface area contributed by atoms with E-state index in [1.807, 2.05) is 25.1 Å². The van der Waals surface area contributed by atoms with E-state index in [9.17, 15) is 9.90 Å². The van der Waals surface area contributed by atoms with Crippen LogP contribution in [0.1, 0.15) is 48.7 Å². The summed E-state index contributed by atoms with van der Waals surface area (Å²) in [5, 5.41) is 23.6. The summed E-state index contributed by atoms with van der Waals surface area (Å²) in [6.45, 7) is 4.90. The van der Waals surface area contributed by atoms with E-state index in [2.05, 4.69) is 26.6 Å². The minimum atomic E-state index is -0.308. The lowest BCUT2D eigenvalue weighted by Gasteiger charge is -2.32. The highest BCUT2D eigenvalue weighted by Gasteiger charge is 2.36. The van der Waals surface area contributed by atoms with E-state index in [0.717, 1.165) is 49.0 Å². The van der Waals surface area contributed by atoms with Gasteiger partial charge in [0.1, 0.15) is 0 Å². The fourth-order valence-corrected chi connectivity index (χ4v) is 4.89. The summed E-state index contributed by atoms with van der Waals surface area (Å²) in [5.74, 6) is 0.680. The number of nitrogens with zero attached hydrogens (tertiary/aromatic N) is 4. The van der Waals surface area contributed by atoms with Gasteiger partial charge in [-0.2, -0.15) is 0 Å². The van der Waals surface area contributed by atoms with Crippen molar-refractivity contribution in [2.24, 2.45) is 0 Å². The summed E-state index contributed by atoms with van der Waals surface area (Å²) in [7, 11) is 0. The van der Waals surface area contributed by atoms with Crippen LogP contribution in [0, 0.1) is 6.92 Å². The first-order chi connectivity index (χ1) is 15.1. The molecule has 164 valence electrons. The molecular weight excluding hydrogens is 396 g/mol. The fourth-order valence-electron chi connectivity index (χ4n) is 4.89. The number of benzene rings is 1. The van der Waals surface area contributed by atoms with Crippen molar-refractivity contribution in [2.75, 3.05) is 19.7 Å². The van der Waals surface area contributed by atoms with Crippen molar-refractivity contribution in [3.63, 3.8) is 0 Å². The maximum absolute atomic E-state index is 13.2. The van der Waals surface area contributed by atoms with Gasteiger partial charge in [0.25, 0.3) is 5.56 Å². The van der Waals surface area contributed by atoms with Crippen LogP contribution in [0.5, 0.6) is 0 Å². The molecule has 2 aliphatic heterocycles. The van der Waals surface area contributed by atoms with Crippen LogP contribution < -0.4 is 10.5 Å². The highest BCUT2D eigenvalue weighted by molar-refractivity contribution is 5.79. The number of rotatable bonds is 5. The fraction of sp³-hybridized carbons (Fsp3) is 0.545. The molecule has 2 aromatic heterocycles. The number of ether oxygens (including phenoxy) is 1. The van der Waals surface area contributed by atoms with Crippen LogP contribution in [0.3, 0.4) is 0 Å². The molecule has 0 saturated carbocycles. The van der Waals surface area contributed by atoms with Gasteiger partial charge in [-0.05, 0) is 53.8 Å². The molecule has 0 aliphatic carbocycles. The van der Waals surface area contributed by atoms with Crippen molar-refractivity contribution in [3.05, 3.63) is 51.6 Å². The van der Waals surface area contributed by atoms with Crippen molar-refractivity contribution < 1.29 is 14.7 Å². The van der Waals surface area contributed by atoms with Crippen molar-refractivity contribution >= 4 is 10.9 Å². The summed E-state index contributed by atoms with van der Waals surface area (Å²) in [5.41, 5.74) is 2.50. The number of aromatic amines is 1. The Morgan fingerprint density at radius 1 is 1.29 bits per heavy atom. The van der Waals surface area contributed by atoms with Gasteiger partial charge in [0.15, 0.2) is 6.04 Å². The Labute approximate surface area is 180 Å². The lowest BCUT2D eigenvalue weighted by Crippen LogP contribution is -3.14. The Bertz CT molecular complexity index is 1110. The molecule has 9 heteroatoms. The van der Waals surface area contributed by atoms with E-state index in [4.69, 9.17) is 4.74 Å². The van der Waals surface area contributed by atoms with Gasteiger partial charge in [0, 0.05) is 25.0 Å². The second-order valence-corrected chi connectivity index (χ2v) is 8.82. The van der Waals surface area contributed by atoms with E-state index < -0.39 is 0 Å². The van der Waals surface area contributed by atoms with E-state index in [0.29, 0.717) is 30.8 Å². The van der Waals surface area contributed by atoms with Gasteiger partial charge in [0.2, 0.25) is 5.82 Å². The molecule has 3 aromatic rings. The number of aromatic nitrogens is 5. The number of piperidine rings is 1. The molecule has 0 spiro atoms. The molecule has 9 nitrogen and oxygen atoms in total. The summed E-state index contributed by atoms with van der Waals surface area (Å²) in [6, 6.07) is 7.69. The average Bonchev–Trinajstić information content (AvgIpc) is 3.43. The SMILES string of the molecule is Cc1ccc2[nH]c(=O)c([C@@H](c3nnnn3C[C@H]3CCCO3)[NH+]3CCC(O)CC3)cc2c1. The molecule has 2 fully saturated rings. The smallest absolute Gasteiger partial charge is 0.258 e. The van der Waals surface area contributed by atoms with Crippen LogP contribution in [0.15, 0.2) is 29.1 Å². The molecule has 3 N–H and O–H groups in total. The number of H-pyrrole nitrogens is 1. The lowest BCUT2D eigenvalue weighted by molar-refractivity contribution is -0.932. The lowest BCUT2D eigenvalue weighted by atomic mass is 9.99. The molecule has 0 amide bonds. The molecule has 1 aromatic carbocycles. The van der Waals surface area contributed by atoms with E-state index in [1.54, 1.807) is 4.68 Å². The molecule has 2 aliphatic rings. The zero-order chi connectivity index (χ0) is 21.4. The van der Waals surface area contributed by atoms with Gasteiger partial charge in [-0.1, -0.05) is 11.6 Å². The predicted octanol–water partition coefficient (Wildman–Crippen LogP) is 0.131. The number of quaternary nitrogens is 1. The van der Waals surface area contributed by atoms with Crippen LogP contribution in [-0.2, 0) is 11.3 Å². The van der Waals surface area contributed by atoms with Crippen molar-refractivity contribution in [3.8, 4) is 0 Å². The number of aliphatic hydroxyl groups excluding tert-OH is 1. The molecule has 2 atom stereocenters. The van der Waals surface area contributed by atoms with Crippen LogP contribution in [0.25, 0.3) is 10.9 Å². The molecule has 5 rings (SSSR count). The summed E-state index contributed by atoms with van der Waals surface area (Å²) in [4.78, 5) is 17.4. The van der Waals surface area contributed by atoms with Gasteiger partial charge in [-0.15, -0.1) is 5.10 Å². The maximum atomic E-state index is 13.2. The minimum Gasteiger partial charge on any atom is -0.393 e. The van der Waals surface area contributed by atoms with Gasteiger partial charge in [-0.25, -0.2) is 4.68 Å². The quantitative estimate of drug-likeness (QED) is 0.536. The third kappa shape index (κ3) is 4.13. The van der Waals surface area contributed by atoms with Gasteiger partial charge in [0.05, 0.1) is 37.4 Å². The molecule has 0 bridgehead atoms. The Balaban J connectivity index is 1.59. The Morgan fingerprint density at radius 2 is 2.13 bits per heavy atom. The van der Waals surface area contributed by atoms with Gasteiger partial charge < -0.3 is 19.7 Å². The molecule has 4 heterocycles. The number of likely N-dealkylation sites (tertiary alicyclic amines) is 1. The van der Waals surface area contributed by atoms with Crippen LogP contribution in [-0.4, -0.2) is 62.2 Å². The van der Waals surface area contributed by atoms with Crippen molar-refractivity contribution in [1.82, 2.24) is 25.2 Å². The van der Waals surface area contributed by atoms with E-state index >= 15 is 0 Å². The molecule has 2 saturated heterocycles. The monoisotopic (exact) mass is 425 g/mol. The summed E-state index contributed by atoms with van der Waals surface area (Å²) in [6.07, 6.45) is 3.24. The minimum absolute atomic E-state index is 0.0959. The summed E-state index contributed by atoms with van der Waals surface area (Å²) >= 11 is 0. The van der Waals surface area contributed by atoms with Gasteiger partial charge in [-0.3, -0.25) is 4.79 Å². The highest BCUT2D eigenvalue weighted by Crippen LogP contribution is 2.21. The number of aryl methyl sites for hydroxylation is 1. The Morgan fingerprint density at radius 3 is 2.90 bits per heavy atom. The number of fused-ring (bicyclic) bond motifs is 1. The first-order valence-corrected chi connectivity index (χ1v) is 11.1. The largest absolute Gasteiger partial charge is 0.393 e. The first kappa shape index (κ1) is 20.3. The zero-order valence-corrected chi connectivity index (χ0v) is 17.8. The molecule has 0 unspecified atom stereocenters. The number of aliphatic hydroxyl groups is 1. The van der Waals surface area contributed by atoms with Crippen LogP contribution in [0.4, 0.5) is 0 Å². The number of nitrogens with one attached hydrogen (secondary N) is 2. The average molecular weight is 426 g/mol. The number of hydrogen-bond donors (Lipinski definition) is 3. The third-order valence-corrected chi connectivity index (χ3v) is 6.56. The van der Waals surface area contributed by atoms with Crippen LogP contribution in [0.2, 0.25) is 0 Å². The number of pyridine rings is 1. The Kier molecular flexibility index (Phi) is 5.56. The van der Waals surface area contributed by atoms with E-state index in [1.165, 1.54) is 4.90 Å². The van der Waals surface area contributed by atoms with Crippen molar-refractivity contribution in [1.29, 1.82) is 0 Å². The van der Waals surface area contributed by atoms with Gasteiger partial charge >= 0.3 is 0 Å². The molecular formula is C22H29N6O3+. The second-order valence-electron chi connectivity index (χ2n) is 8.82. The standard InChI is InChI=1S/C22H28N6O3/c1-14-4-5-19-15(11-14)12-18(22(30)23-19)20(27-8-6-16(29)7-9-27)21-24-25-26-28(21)13-17-3-2-10-31-17/h4-5,11-12,16-17,20,29H,2-3,6-10,13H2,1H3,(H,23,30)/p+1/t17-,20+/m1/s1. The third-order valence-electron chi connectivity index (χ3n) is 6.56. The first-order valence-electron chi connectivity index (χ1n) is 11.1. The van der Waals surface area contributed by atoms with Crippen LogP contribution >= 0.6 is 0 Å². The highest BCUT2D eigenvalue weighted by atomic mass is 16.5. The number of hydrogen-bond acceptors (Lipinski definition) is 6.